The topological polar surface area (TPSA) is 44.4 Å². The lowest BCUT2D eigenvalue weighted by Gasteiger charge is -2.33. The van der Waals surface area contributed by atoms with Crippen molar-refractivity contribution >= 4 is 5.91 Å². The summed E-state index contributed by atoms with van der Waals surface area (Å²) in [5.74, 6) is 0.293. The largest absolute Gasteiger partial charge is 0.339 e. The monoisotopic (exact) mass is 225 g/mol. The van der Waals surface area contributed by atoms with Crippen molar-refractivity contribution in [3.63, 3.8) is 0 Å². The molecule has 2 unspecified atom stereocenters. The molecule has 0 aromatic rings. The second-order valence-electron chi connectivity index (χ2n) is 4.94. The van der Waals surface area contributed by atoms with Crippen molar-refractivity contribution in [2.24, 2.45) is 0 Å². The van der Waals surface area contributed by atoms with Gasteiger partial charge >= 0.3 is 0 Å². The Kier molecular flexibility index (Phi) is 4.18. The maximum atomic E-state index is 12.3. The van der Waals surface area contributed by atoms with E-state index >= 15 is 0 Å². The van der Waals surface area contributed by atoms with Crippen molar-refractivity contribution in [1.29, 1.82) is 0 Å². The summed E-state index contributed by atoms with van der Waals surface area (Å²) in [5, 5.41) is 6.58. The Morgan fingerprint density at radius 2 is 2.12 bits per heavy atom. The summed E-state index contributed by atoms with van der Waals surface area (Å²) >= 11 is 0. The number of carbonyl (C=O) groups excluding carboxylic acids is 1. The van der Waals surface area contributed by atoms with Crippen molar-refractivity contribution in [2.45, 2.75) is 44.7 Å². The molecule has 0 aliphatic carbocycles. The molecule has 4 heteroatoms. The third kappa shape index (κ3) is 2.74. The quantitative estimate of drug-likeness (QED) is 0.676. The second kappa shape index (κ2) is 5.64. The zero-order valence-corrected chi connectivity index (χ0v) is 10.2. The van der Waals surface area contributed by atoms with Gasteiger partial charge in [0.2, 0.25) is 5.91 Å². The molecule has 2 saturated heterocycles. The van der Waals surface area contributed by atoms with Gasteiger partial charge in [-0.2, -0.15) is 0 Å². The Bertz CT molecular complexity index is 238. The molecule has 2 atom stereocenters. The number of carbonyl (C=O) groups is 1. The lowest BCUT2D eigenvalue weighted by atomic mass is 10.1. The maximum absolute atomic E-state index is 12.3. The van der Waals surface area contributed by atoms with Gasteiger partial charge in [0, 0.05) is 32.2 Å². The minimum absolute atomic E-state index is 0.00528. The van der Waals surface area contributed by atoms with Gasteiger partial charge in [-0.15, -0.1) is 0 Å². The van der Waals surface area contributed by atoms with Gasteiger partial charge < -0.3 is 15.5 Å². The third-order valence-corrected chi connectivity index (χ3v) is 3.68. The molecule has 2 aliphatic heterocycles. The van der Waals surface area contributed by atoms with Crippen LogP contribution in [0, 0.1) is 0 Å². The van der Waals surface area contributed by atoms with Gasteiger partial charge in [-0.25, -0.2) is 0 Å². The molecule has 0 aromatic heterocycles. The van der Waals surface area contributed by atoms with Crippen molar-refractivity contribution in [3.05, 3.63) is 0 Å². The Hall–Kier alpha value is -0.610. The molecule has 0 bridgehead atoms. The molecule has 92 valence electrons. The van der Waals surface area contributed by atoms with E-state index in [0.717, 1.165) is 39.0 Å². The molecular weight excluding hydrogens is 202 g/mol. The molecule has 16 heavy (non-hydrogen) atoms. The fraction of sp³-hybridized carbons (Fsp3) is 0.917. The predicted octanol–water partition coefficient (Wildman–Crippen LogP) is 0.339. The average Bonchev–Trinajstić information content (AvgIpc) is 2.54. The van der Waals surface area contributed by atoms with Crippen LogP contribution in [0.1, 0.15) is 32.6 Å². The Morgan fingerprint density at radius 3 is 2.88 bits per heavy atom. The summed E-state index contributed by atoms with van der Waals surface area (Å²) in [6.07, 6.45) is 4.86. The zero-order valence-electron chi connectivity index (χ0n) is 10.2. The fourth-order valence-corrected chi connectivity index (χ4v) is 2.63. The average molecular weight is 225 g/mol. The Morgan fingerprint density at radius 1 is 1.25 bits per heavy atom. The predicted molar refractivity (Wildman–Crippen MR) is 64.3 cm³/mol. The molecule has 0 saturated carbocycles. The van der Waals surface area contributed by atoms with E-state index in [0.29, 0.717) is 11.9 Å². The summed E-state index contributed by atoms with van der Waals surface area (Å²) in [7, 11) is 0. The second-order valence-corrected chi connectivity index (χ2v) is 4.94. The summed E-state index contributed by atoms with van der Waals surface area (Å²) < 4.78 is 0. The van der Waals surface area contributed by atoms with Gasteiger partial charge in [-0.05, 0) is 19.8 Å². The van der Waals surface area contributed by atoms with E-state index in [1.54, 1.807) is 0 Å². The van der Waals surface area contributed by atoms with Crippen molar-refractivity contribution in [1.82, 2.24) is 15.5 Å². The normalized spacial score (nSPS) is 32.2. The van der Waals surface area contributed by atoms with Gasteiger partial charge in [0.25, 0.3) is 0 Å². The highest BCUT2D eigenvalue weighted by Gasteiger charge is 2.28. The zero-order chi connectivity index (χ0) is 11.4. The molecule has 0 spiro atoms. The summed E-state index contributed by atoms with van der Waals surface area (Å²) in [4.78, 5) is 14.4. The first-order valence-electron chi connectivity index (χ1n) is 6.53. The highest BCUT2D eigenvalue weighted by Crippen LogP contribution is 2.17. The lowest BCUT2D eigenvalue weighted by molar-refractivity contribution is -0.135. The van der Waals surface area contributed by atoms with Crippen molar-refractivity contribution < 1.29 is 4.79 Å². The van der Waals surface area contributed by atoms with E-state index in [4.69, 9.17) is 0 Å². The fourth-order valence-electron chi connectivity index (χ4n) is 2.63. The van der Waals surface area contributed by atoms with Crippen LogP contribution in [0.5, 0.6) is 0 Å². The summed E-state index contributed by atoms with van der Waals surface area (Å²) in [6.45, 7) is 5.78. The molecule has 2 fully saturated rings. The number of nitrogens with zero attached hydrogens (tertiary/aromatic N) is 1. The van der Waals surface area contributed by atoms with Crippen LogP contribution in [-0.2, 0) is 4.79 Å². The minimum Gasteiger partial charge on any atom is -0.339 e. The van der Waals surface area contributed by atoms with Gasteiger partial charge in [-0.3, -0.25) is 4.79 Å². The number of amides is 1. The molecule has 2 rings (SSSR count). The Balaban J connectivity index is 1.95. The van der Waals surface area contributed by atoms with Crippen LogP contribution >= 0.6 is 0 Å². The first-order chi connectivity index (χ1) is 7.79. The highest BCUT2D eigenvalue weighted by molar-refractivity contribution is 5.82. The van der Waals surface area contributed by atoms with Crippen molar-refractivity contribution in [3.8, 4) is 0 Å². The van der Waals surface area contributed by atoms with Crippen LogP contribution in [0.2, 0.25) is 0 Å². The number of likely N-dealkylation sites (tertiary alicyclic amines) is 1. The van der Waals surface area contributed by atoms with Gasteiger partial charge in [0.05, 0.1) is 6.04 Å². The molecule has 1 amide bonds. The highest BCUT2D eigenvalue weighted by atomic mass is 16.2. The van der Waals surface area contributed by atoms with Crippen LogP contribution in [0.4, 0.5) is 0 Å². The smallest absolute Gasteiger partial charge is 0.241 e. The third-order valence-electron chi connectivity index (χ3n) is 3.68. The Labute approximate surface area is 97.8 Å². The van der Waals surface area contributed by atoms with Crippen LogP contribution < -0.4 is 10.6 Å². The molecule has 0 aromatic carbocycles. The number of rotatable bonds is 1. The van der Waals surface area contributed by atoms with E-state index in [9.17, 15) is 4.79 Å². The molecule has 0 radical (unpaired) electrons. The molecule has 2 heterocycles. The van der Waals surface area contributed by atoms with E-state index in [-0.39, 0.29) is 6.04 Å². The van der Waals surface area contributed by atoms with E-state index in [2.05, 4.69) is 22.5 Å². The maximum Gasteiger partial charge on any atom is 0.241 e. The van der Waals surface area contributed by atoms with Crippen LogP contribution in [-0.4, -0.2) is 49.1 Å². The van der Waals surface area contributed by atoms with Crippen molar-refractivity contribution in [2.75, 3.05) is 26.2 Å². The first-order valence-corrected chi connectivity index (χ1v) is 6.53. The molecule has 2 N–H and O–H groups in total. The van der Waals surface area contributed by atoms with Crippen LogP contribution in [0.3, 0.4) is 0 Å². The number of nitrogens with one attached hydrogen (secondary N) is 2. The van der Waals surface area contributed by atoms with Gasteiger partial charge in [0.15, 0.2) is 0 Å². The standard InChI is InChI=1S/C12H23N3O/c1-10-5-3-2-4-8-15(10)12(16)11-9-13-6-7-14-11/h10-11,13-14H,2-9H2,1H3. The van der Waals surface area contributed by atoms with E-state index in [1.165, 1.54) is 12.8 Å². The number of hydrogen-bond acceptors (Lipinski definition) is 3. The van der Waals surface area contributed by atoms with E-state index < -0.39 is 0 Å². The van der Waals surface area contributed by atoms with Gasteiger partial charge in [-0.1, -0.05) is 12.8 Å². The van der Waals surface area contributed by atoms with Gasteiger partial charge in [0.1, 0.15) is 0 Å². The molecule has 4 nitrogen and oxygen atoms in total. The van der Waals surface area contributed by atoms with Crippen LogP contribution in [0.25, 0.3) is 0 Å². The number of piperazine rings is 1. The van der Waals surface area contributed by atoms with Crippen LogP contribution in [0.15, 0.2) is 0 Å². The minimum atomic E-state index is -0.00528. The SMILES string of the molecule is CC1CCCCCN1C(=O)C1CNCCN1. The first kappa shape index (κ1) is 11.9. The summed E-state index contributed by atoms with van der Waals surface area (Å²) in [6, 6.07) is 0.410. The lowest BCUT2D eigenvalue weighted by Crippen LogP contribution is -2.57. The van der Waals surface area contributed by atoms with E-state index in [1.807, 2.05) is 0 Å². The summed E-state index contributed by atoms with van der Waals surface area (Å²) in [5.41, 5.74) is 0. The number of hydrogen-bond donors (Lipinski definition) is 2. The molecule has 2 aliphatic rings. The molecular formula is C12H23N3O.